The first-order chi connectivity index (χ1) is 18.1. The van der Waals surface area contributed by atoms with Gasteiger partial charge in [-0.05, 0) is 105 Å². The standard InChI is InChI=1S/C36H34BBr/c1-19-13-23(5)35(24(6)14-19)37(36-25(7)15-20(2)16-26(36)8)31-17-21(3)27-10-12-30-32(38)18-22(4)28-9-11-29(31)33(27)34(28)30/h9-18H,1-8H3. The highest BCUT2D eigenvalue weighted by atomic mass is 79.9. The molecule has 6 aromatic rings. The summed E-state index contributed by atoms with van der Waals surface area (Å²) in [4.78, 5) is 0. The Hall–Kier alpha value is -3.10. The zero-order valence-corrected chi connectivity index (χ0v) is 25.3. The Labute approximate surface area is 235 Å². The molecule has 0 aliphatic carbocycles. The summed E-state index contributed by atoms with van der Waals surface area (Å²) in [7, 11) is 0. The molecule has 0 saturated carbocycles. The molecule has 2 heteroatoms. The molecule has 0 amide bonds. The lowest BCUT2D eigenvalue weighted by Gasteiger charge is -2.27. The van der Waals surface area contributed by atoms with Crippen LogP contribution in [0.25, 0.3) is 32.3 Å². The van der Waals surface area contributed by atoms with Gasteiger partial charge in [-0.2, -0.15) is 0 Å². The van der Waals surface area contributed by atoms with Crippen LogP contribution in [0, 0.1) is 55.4 Å². The van der Waals surface area contributed by atoms with Crippen molar-refractivity contribution in [2.75, 3.05) is 0 Å². The molecule has 0 nitrogen and oxygen atoms in total. The summed E-state index contributed by atoms with van der Waals surface area (Å²) in [5, 5.41) is 8.14. The fraction of sp³-hybridized carbons (Fsp3) is 0.222. The van der Waals surface area contributed by atoms with Crippen LogP contribution in [0.15, 0.2) is 65.1 Å². The molecule has 0 saturated heterocycles. The molecule has 0 unspecified atom stereocenters. The van der Waals surface area contributed by atoms with Gasteiger partial charge < -0.3 is 0 Å². The lowest BCUT2D eigenvalue weighted by molar-refractivity contribution is 1.34. The Kier molecular flexibility index (Phi) is 5.96. The summed E-state index contributed by atoms with van der Waals surface area (Å²) in [5.41, 5.74) is 15.1. The van der Waals surface area contributed by atoms with Gasteiger partial charge in [-0.25, -0.2) is 0 Å². The lowest BCUT2D eigenvalue weighted by atomic mass is 9.33. The zero-order chi connectivity index (χ0) is 27.0. The van der Waals surface area contributed by atoms with Gasteiger partial charge in [0.25, 0.3) is 0 Å². The summed E-state index contributed by atoms with van der Waals surface area (Å²) < 4.78 is 1.17. The maximum Gasteiger partial charge on any atom is 0.243 e. The molecule has 0 aliphatic rings. The third-order valence-electron chi connectivity index (χ3n) is 8.66. The minimum atomic E-state index is 0.156. The average Bonchev–Trinajstić information content (AvgIpc) is 2.83. The van der Waals surface area contributed by atoms with Crippen molar-refractivity contribution in [2.24, 2.45) is 0 Å². The molecule has 6 rings (SSSR count). The Morgan fingerprint density at radius 3 is 1.34 bits per heavy atom. The van der Waals surface area contributed by atoms with Crippen molar-refractivity contribution in [1.29, 1.82) is 0 Å². The van der Waals surface area contributed by atoms with Crippen molar-refractivity contribution in [2.45, 2.75) is 55.4 Å². The molecule has 0 bridgehead atoms. The molecule has 0 heterocycles. The van der Waals surface area contributed by atoms with Crippen molar-refractivity contribution >= 4 is 71.3 Å². The quantitative estimate of drug-likeness (QED) is 0.152. The van der Waals surface area contributed by atoms with E-state index in [9.17, 15) is 0 Å². The summed E-state index contributed by atoms with van der Waals surface area (Å²) in [6.45, 7) is 18.3. The van der Waals surface area contributed by atoms with Crippen molar-refractivity contribution in [3.63, 3.8) is 0 Å². The molecular weight excluding hydrogens is 523 g/mol. The first-order valence-corrected chi connectivity index (χ1v) is 14.4. The number of halogens is 1. The van der Waals surface area contributed by atoms with Gasteiger partial charge in [-0.15, -0.1) is 0 Å². The van der Waals surface area contributed by atoms with Crippen LogP contribution in [0.2, 0.25) is 0 Å². The maximum absolute atomic E-state index is 3.88. The van der Waals surface area contributed by atoms with Gasteiger partial charge in [0.1, 0.15) is 0 Å². The van der Waals surface area contributed by atoms with Crippen LogP contribution in [0.1, 0.15) is 44.5 Å². The van der Waals surface area contributed by atoms with Crippen molar-refractivity contribution in [3.05, 3.63) is 110 Å². The van der Waals surface area contributed by atoms with E-state index < -0.39 is 0 Å². The van der Waals surface area contributed by atoms with E-state index >= 15 is 0 Å². The largest absolute Gasteiger partial charge is 0.243 e. The third-order valence-corrected chi connectivity index (χ3v) is 9.31. The Balaban J connectivity index is 1.82. The predicted molar refractivity (Wildman–Crippen MR) is 173 cm³/mol. The van der Waals surface area contributed by atoms with Crippen molar-refractivity contribution in [3.8, 4) is 0 Å². The van der Waals surface area contributed by atoms with Gasteiger partial charge in [-0.1, -0.05) is 120 Å². The second-order valence-electron chi connectivity index (χ2n) is 11.6. The van der Waals surface area contributed by atoms with E-state index in [0.29, 0.717) is 0 Å². The van der Waals surface area contributed by atoms with E-state index in [1.807, 2.05) is 0 Å². The highest BCUT2D eigenvalue weighted by Gasteiger charge is 2.31. The molecular formula is C36H34BBr. The normalized spacial score (nSPS) is 11.8. The summed E-state index contributed by atoms with van der Waals surface area (Å²) in [6, 6.07) is 23.5. The van der Waals surface area contributed by atoms with Gasteiger partial charge >= 0.3 is 0 Å². The molecule has 6 aromatic carbocycles. The van der Waals surface area contributed by atoms with Gasteiger partial charge in [0.2, 0.25) is 6.71 Å². The van der Waals surface area contributed by atoms with Crippen molar-refractivity contribution in [1.82, 2.24) is 0 Å². The van der Waals surface area contributed by atoms with E-state index in [0.717, 1.165) is 0 Å². The van der Waals surface area contributed by atoms with Crippen LogP contribution in [0.3, 0.4) is 0 Å². The first-order valence-electron chi connectivity index (χ1n) is 13.6. The van der Waals surface area contributed by atoms with Crippen LogP contribution in [0.5, 0.6) is 0 Å². The second kappa shape index (κ2) is 8.99. The van der Waals surface area contributed by atoms with E-state index in [1.54, 1.807) is 0 Å². The molecule has 0 radical (unpaired) electrons. The summed E-state index contributed by atoms with van der Waals surface area (Å²) in [5.74, 6) is 0. The minimum Gasteiger partial charge on any atom is -0.0629 e. The molecule has 188 valence electrons. The molecule has 0 fully saturated rings. The molecule has 0 aromatic heterocycles. The van der Waals surface area contributed by atoms with Gasteiger partial charge in [-0.3, -0.25) is 0 Å². The van der Waals surface area contributed by atoms with Crippen molar-refractivity contribution < 1.29 is 0 Å². The zero-order valence-electron chi connectivity index (χ0n) is 23.7. The van der Waals surface area contributed by atoms with E-state index in [-0.39, 0.29) is 6.71 Å². The molecule has 0 N–H and O–H groups in total. The maximum atomic E-state index is 3.88. The summed E-state index contributed by atoms with van der Waals surface area (Å²) in [6.07, 6.45) is 0. The second-order valence-corrected chi connectivity index (χ2v) is 12.4. The van der Waals surface area contributed by atoms with Crippen LogP contribution in [-0.4, -0.2) is 6.71 Å². The van der Waals surface area contributed by atoms with Gasteiger partial charge in [0.15, 0.2) is 0 Å². The van der Waals surface area contributed by atoms with E-state index in [4.69, 9.17) is 0 Å². The third kappa shape index (κ3) is 3.72. The molecule has 0 spiro atoms. The Bertz CT molecular complexity index is 1780. The first kappa shape index (κ1) is 25.2. The Morgan fingerprint density at radius 1 is 0.447 bits per heavy atom. The number of benzene rings is 6. The fourth-order valence-corrected chi connectivity index (χ4v) is 7.99. The number of rotatable bonds is 3. The van der Waals surface area contributed by atoms with E-state index in [1.165, 1.54) is 97.7 Å². The minimum absolute atomic E-state index is 0.156. The molecule has 0 aliphatic heterocycles. The SMILES string of the molecule is Cc1cc(C)c(B(c2c(C)cc(C)cc2C)c2cc(C)c3ccc4c(Br)cc(C)c5ccc2c3c54)c(C)c1. The van der Waals surface area contributed by atoms with Crippen LogP contribution in [0.4, 0.5) is 0 Å². The highest BCUT2D eigenvalue weighted by molar-refractivity contribution is 9.10. The number of hydrogen-bond donors (Lipinski definition) is 0. The smallest absolute Gasteiger partial charge is 0.0629 e. The number of aryl methyl sites for hydroxylation is 8. The summed E-state index contributed by atoms with van der Waals surface area (Å²) >= 11 is 3.88. The van der Waals surface area contributed by atoms with Crippen LogP contribution < -0.4 is 16.4 Å². The predicted octanol–water partition coefficient (Wildman–Crippen LogP) is 8.33. The van der Waals surface area contributed by atoms with Crippen LogP contribution in [-0.2, 0) is 0 Å². The van der Waals surface area contributed by atoms with Crippen LogP contribution >= 0.6 is 15.9 Å². The number of hydrogen-bond acceptors (Lipinski definition) is 0. The lowest BCUT2D eigenvalue weighted by Crippen LogP contribution is -2.56. The molecule has 38 heavy (non-hydrogen) atoms. The average molecular weight is 557 g/mol. The monoisotopic (exact) mass is 556 g/mol. The van der Waals surface area contributed by atoms with Gasteiger partial charge in [0.05, 0.1) is 0 Å². The molecule has 0 atom stereocenters. The van der Waals surface area contributed by atoms with Gasteiger partial charge in [0, 0.05) is 4.47 Å². The fourth-order valence-electron chi connectivity index (χ4n) is 7.31. The van der Waals surface area contributed by atoms with E-state index in [2.05, 4.69) is 132 Å². The highest BCUT2D eigenvalue weighted by Crippen LogP contribution is 2.40. The Morgan fingerprint density at radius 2 is 0.842 bits per heavy atom. The topological polar surface area (TPSA) is 0 Å².